The molecular formula is C21H22N4OS. The summed E-state index contributed by atoms with van der Waals surface area (Å²) in [7, 11) is 0. The molecular weight excluding hydrogens is 356 g/mol. The van der Waals surface area contributed by atoms with Gasteiger partial charge in [-0.05, 0) is 43.5 Å². The van der Waals surface area contributed by atoms with Crippen LogP contribution in [0.25, 0.3) is 10.7 Å². The number of rotatable bonds is 5. The summed E-state index contributed by atoms with van der Waals surface area (Å²) in [6.07, 6.45) is 2.83. The Hall–Kier alpha value is -2.73. The van der Waals surface area contributed by atoms with Crippen molar-refractivity contribution in [1.29, 1.82) is 0 Å². The first-order chi connectivity index (χ1) is 13.2. The van der Waals surface area contributed by atoms with Gasteiger partial charge in [0.1, 0.15) is 9.88 Å². The van der Waals surface area contributed by atoms with E-state index >= 15 is 0 Å². The molecule has 1 aliphatic heterocycles. The fourth-order valence-electron chi connectivity index (χ4n) is 3.40. The van der Waals surface area contributed by atoms with Gasteiger partial charge in [-0.2, -0.15) is 0 Å². The highest BCUT2D eigenvalue weighted by Crippen LogP contribution is 2.27. The second-order valence-corrected chi connectivity index (χ2v) is 7.79. The van der Waals surface area contributed by atoms with Crippen molar-refractivity contribution in [2.75, 3.05) is 24.5 Å². The minimum absolute atomic E-state index is 0.0367. The monoisotopic (exact) mass is 378 g/mol. The Morgan fingerprint density at radius 2 is 2.04 bits per heavy atom. The fourth-order valence-corrected chi connectivity index (χ4v) is 4.36. The molecule has 1 fully saturated rings. The van der Waals surface area contributed by atoms with Gasteiger partial charge < -0.3 is 10.2 Å². The lowest BCUT2D eigenvalue weighted by molar-refractivity contribution is 0.0951. The molecule has 4 rings (SSSR count). The molecule has 0 saturated carbocycles. The van der Waals surface area contributed by atoms with Crippen molar-refractivity contribution in [2.45, 2.75) is 13.3 Å². The van der Waals surface area contributed by atoms with Crippen molar-refractivity contribution in [3.63, 3.8) is 0 Å². The molecule has 2 aromatic heterocycles. The van der Waals surface area contributed by atoms with E-state index in [1.54, 1.807) is 6.20 Å². The predicted molar refractivity (Wildman–Crippen MR) is 109 cm³/mol. The second-order valence-electron chi connectivity index (χ2n) is 6.79. The number of carbonyl (C=O) groups excluding carboxylic acids is 1. The number of carbonyl (C=O) groups is 1. The van der Waals surface area contributed by atoms with Crippen molar-refractivity contribution in [3.05, 3.63) is 65.3 Å². The van der Waals surface area contributed by atoms with E-state index in [0.29, 0.717) is 17.3 Å². The molecule has 1 N–H and O–H groups in total. The Bertz CT molecular complexity index is 910. The van der Waals surface area contributed by atoms with Crippen molar-refractivity contribution < 1.29 is 4.79 Å². The van der Waals surface area contributed by atoms with Crippen LogP contribution in [0.3, 0.4) is 0 Å². The summed E-state index contributed by atoms with van der Waals surface area (Å²) in [4.78, 5) is 24.5. The average molecular weight is 379 g/mol. The third-order valence-electron chi connectivity index (χ3n) is 4.85. The standard InChI is InChI=1S/C21H22N4OS/c1-15-19(27-21(24-15)18-9-5-6-11-22-18)20(26)23-13-16-10-12-25(14-16)17-7-3-2-4-8-17/h2-9,11,16H,10,12-14H2,1H3,(H,23,26)/t16-/m0/s1. The van der Waals surface area contributed by atoms with Gasteiger partial charge >= 0.3 is 0 Å². The molecule has 0 spiro atoms. The number of aryl methyl sites for hydroxylation is 1. The van der Waals surface area contributed by atoms with E-state index in [9.17, 15) is 4.79 Å². The topological polar surface area (TPSA) is 58.1 Å². The third kappa shape index (κ3) is 4.01. The highest BCUT2D eigenvalue weighted by atomic mass is 32.1. The number of pyridine rings is 1. The van der Waals surface area contributed by atoms with E-state index in [2.05, 4.69) is 44.5 Å². The largest absolute Gasteiger partial charge is 0.371 e. The lowest BCUT2D eigenvalue weighted by Crippen LogP contribution is -2.30. The number of nitrogens with zero attached hydrogens (tertiary/aromatic N) is 3. The SMILES string of the molecule is Cc1nc(-c2ccccn2)sc1C(=O)NC[C@@H]1CCN(c2ccccc2)C1. The van der Waals surface area contributed by atoms with Gasteiger partial charge in [-0.15, -0.1) is 11.3 Å². The first-order valence-electron chi connectivity index (χ1n) is 9.18. The maximum atomic E-state index is 12.6. The van der Waals surface area contributed by atoms with Gasteiger partial charge in [-0.1, -0.05) is 24.3 Å². The zero-order chi connectivity index (χ0) is 18.6. The third-order valence-corrected chi connectivity index (χ3v) is 6.02. The van der Waals surface area contributed by atoms with Gasteiger partial charge in [-0.3, -0.25) is 9.78 Å². The number of para-hydroxylation sites is 1. The Morgan fingerprint density at radius 1 is 1.22 bits per heavy atom. The highest BCUT2D eigenvalue weighted by Gasteiger charge is 2.24. The summed E-state index contributed by atoms with van der Waals surface area (Å²) < 4.78 is 0. The number of anilines is 1. The van der Waals surface area contributed by atoms with Gasteiger partial charge in [0.15, 0.2) is 0 Å². The van der Waals surface area contributed by atoms with E-state index in [0.717, 1.165) is 35.9 Å². The van der Waals surface area contributed by atoms with Crippen LogP contribution in [-0.2, 0) is 0 Å². The van der Waals surface area contributed by atoms with Crippen LogP contribution in [0.1, 0.15) is 21.8 Å². The predicted octanol–water partition coefficient (Wildman–Crippen LogP) is 3.77. The molecule has 138 valence electrons. The van der Waals surface area contributed by atoms with Crippen LogP contribution in [0.4, 0.5) is 5.69 Å². The smallest absolute Gasteiger partial charge is 0.263 e. The summed E-state index contributed by atoms with van der Waals surface area (Å²) in [6, 6.07) is 16.2. The number of hydrogen-bond donors (Lipinski definition) is 1. The zero-order valence-corrected chi connectivity index (χ0v) is 16.1. The molecule has 1 aromatic carbocycles. The van der Waals surface area contributed by atoms with Crippen LogP contribution in [-0.4, -0.2) is 35.5 Å². The molecule has 6 heteroatoms. The van der Waals surface area contributed by atoms with E-state index in [-0.39, 0.29) is 5.91 Å². The van der Waals surface area contributed by atoms with Gasteiger partial charge in [0, 0.05) is 31.5 Å². The quantitative estimate of drug-likeness (QED) is 0.734. The van der Waals surface area contributed by atoms with Crippen LogP contribution in [0.5, 0.6) is 0 Å². The Labute approximate surface area is 163 Å². The first kappa shape index (κ1) is 17.7. The first-order valence-corrected chi connectivity index (χ1v) is 9.99. The molecule has 27 heavy (non-hydrogen) atoms. The minimum atomic E-state index is -0.0367. The molecule has 1 saturated heterocycles. The number of hydrogen-bond acceptors (Lipinski definition) is 5. The molecule has 1 aliphatic rings. The van der Waals surface area contributed by atoms with Gasteiger partial charge in [0.05, 0.1) is 11.4 Å². The number of aromatic nitrogens is 2. The van der Waals surface area contributed by atoms with Gasteiger partial charge in [0.25, 0.3) is 5.91 Å². The summed E-state index contributed by atoms with van der Waals surface area (Å²) >= 11 is 1.40. The Kier molecular flexibility index (Phi) is 5.16. The number of benzene rings is 1. The van der Waals surface area contributed by atoms with E-state index < -0.39 is 0 Å². The lowest BCUT2D eigenvalue weighted by Gasteiger charge is -2.18. The molecule has 3 heterocycles. The van der Waals surface area contributed by atoms with E-state index in [1.165, 1.54) is 17.0 Å². The van der Waals surface area contributed by atoms with Crippen LogP contribution in [0, 0.1) is 12.8 Å². The molecule has 3 aromatic rings. The molecule has 1 amide bonds. The number of thiazole rings is 1. The summed E-state index contributed by atoms with van der Waals surface area (Å²) in [5.41, 5.74) is 2.82. The van der Waals surface area contributed by atoms with Crippen molar-refractivity contribution in [3.8, 4) is 10.7 Å². The van der Waals surface area contributed by atoms with Crippen molar-refractivity contribution in [2.24, 2.45) is 5.92 Å². The van der Waals surface area contributed by atoms with E-state index in [1.807, 2.05) is 31.2 Å². The Balaban J connectivity index is 1.36. The molecule has 1 atom stereocenters. The maximum Gasteiger partial charge on any atom is 0.263 e. The fraction of sp³-hybridized carbons (Fsp3) is 0.286. The normalized spacial score (nSPS) is 16.5. The second kappa shape index (κ2) is 7.88. The molecule has 5 nitrogen and oxygen atoms in total. The molecule has 0 radical (unpaired) electrons. The van der Waals surface area contributed by atoms with E-state index in [4.69, 9.17) is 0 Å². The average Bonchev–Trinajstić information content (AvgIpc) is 3.34. The lowest BCUT2D eigenvalue weighted by atomic mass is 10.1. The number of nitrogens with one attached hydrogen (secondary N) is 1. The van der Waals surface area contributed by atoms with Gasteiger partial charge in [-0.25, -0.2) is 4.98 Å². The molecule has 0 bridgehead atoms. The highest BCUT2D eigenvalue weighted by molar-refractivity contribution is 7.17. The van der Waals surface area contributed by atoms with Crippen LogP contribution in [0.2, 0.25) is 0 Å². The zero-order valence-electron chi connectivity index (χ0n) is 15.3. The van der Waals surface area contributed by atoms with Crippen LogP contribution in [0.15, 0.2) is 54.7 Å². The minimum Gasteiger partial charge on any atom is -0.371 e. The Morgan fingerprint density at radius 3 is 2.81 bits per heavy atom. The van der Waals surface area contributed by atoms with Crippen LogP contribution >= 0.6 is 11.3 Å². The maximum absolute atomic E-state index is 12.6. The summed E-state index contributed by atoms with van der Waals surface area (Å²) in [5.74, 6) is 0.433. The van der Waals surface area contributed by atoms with Crippen LogP contribution < -0.4 is 10.2 Å². The van der Waals surface area contributed by atoms with Crippen molar-refractivity contribution >= 4 is 22.9 Å². The number of amides is 1. The summed E-state index contributed by atoms with van der Waals surface area (Å²) in [6.45, 7) is 4.59. The van der Waals surface area contributed by atoms with Gasteiger partial charge in [0.2, 0.25) is 0 Å². The summed E-state index contributed by atoms with van der Waals surface area (Å²) in [5, 5.41) is 3.89. The van der Waals surface area contributed by atoms with Crippen molar-refractivity contribution in [1.82, 2.24) is 15.3 Å². The molecule has 0 unspecified atom stereocenters. The molecule has 0 aliphatic carbocycles.